The number of aryl methyl sites for hydroxylation is 3. The average Bonchev–Trinajstić information content (AvgIpc) is 2.61. The number of benzene rings is 1. The number of hydrogen-bond acceptors (Lipinski definition) is 6. The standard InChI is InChI=1S/C20H38N2O5SSi.ClH/c1-16-14-17(2)19(18(3)15-16)28(23,24)22-12-9-11-21-20(4,5)10-13-29(25-6,26-7)27-8;/h14-15,21-22H,9-13H2,1-8H3;1H. The zero-order valence-electron chi connectivity index (χ0n) is 19.5. The van der Waals surface area contributed by atoms with Crippen LogP contribution in [0, 0.1) is 20.8 Å². The fourth-order valence-electron chi connectivity index (χ4n) is 3.49. The van der Waals surface area contributed by atoms with Crippen molar-refractivity contribution >= 4 is 31.2 Å². The van der Waals surface area contributed by atoms with Gasteiger partial charge in [-0.25, -0.2) is 13.1 Å². The molecular formula is C20H39ClN2O5SSi. The first-order valence-corrected chi connectivity index (χ1v) is 13.3. The van der Waals surface area contributed by atoms with Crippen molar-refractivity contribution in [2.24, 2.45) is 0 Å². The summed E-state index contributed by atoms with van der Waals surface area (Å²) in [4.78, 5) is 0.386. The zero-order valence-corrected chi connectivity index (χ0v) is 22.2. The van der Waals surface area contributed by atoms with Crippen LogP contribution < -0.4 is 10.0 Å². The van der Waals surface area contributed by atoms with Crippen molar-refractivity contribution < 1.29 is 21.7 Å². The Hall–Kier alpha value is -0.523. The fourth-order valence-corrected chi connectivity index (χ4v) is 7.06. The maximum atomic E-state index is 12.7. The molecule has 0 amide bonds. The van der Waals surface area contributed by atoms with E-state index in [-0.39, 0.29) is 17.9 Å². The van der Waals surface area contributed by atoms with E-state index in [9.17, 15) is 8.42 Å². The molecule has 1 rings (SSSR count). The minimum atomic E-state index is -3.52. The molecule has 1 aromatic rings. The fraction of sp³-hybridized carbons (Fsp3) is 0.700. The molecule has 0 atom stereocenters. The second-order valence-corrected chi connectivity index (χ2v) is 12.9. The number of rotatable bonds is 13. The Bertz CT molecular complexity index is 739. The summed E-state index contributed by atoms with van der Waals surface area (Å²) in [6, 6.07) is 4.50. The monoisotopic (exact) mass is 482 g/mol. The molecule has 7 nitrogen and oxygen atoms in total. The van der Waals surface area contributed by atoms with Crippen molar-refractivity contribution in [1.82, 2.24) is 10.0 Å². The maximum absolute atomic E-state index is 12.7. The van der Waals surface area contributed by atoms with Crippen LogP contribution in [0.4, 0.5) is 0 Å². The number of hydrogen-bond donors (Lipinski definition) is 2. The molecule has 0 heterocycles. The van der Waals surface area contributed by atoms with Crippen LogP contribution >= 0.6 is 12.4 Å². The van der Waals surface area contributed by atoms with Gasteiger partial charge in [-0.1, -0.05) is 17.7 Å². The lowest BCUT2D eigenvalue weighted by atomic mass is 10.0. The molecule has 0 aliphatic carbocycles. The van der Waals surface area contributed by atoms with Gasteiger partial charge in [-0.3, -0.25) is 0 Å². The van der Waals surface area contributed by atoms with E-state index in [4.69, 9.17) is 13.3 Å². The Balaban J connectivity index is 0.00000841. The number of halogens is 1. The maximum Gasteiger partial charge on any atom is 0.500 e. The van der Waals surface area contributed by atoms with Gasteiger partial charge in [0.15, 0.2) is 0 Å². The van der Waals surface area contributed by atoms with Crippen molar-refractivity contribution in [1.29, 1.82) is 0 Å². The van der Waals surface area contributed by atoms with E-state index in [1.165, 1.54) is 0 Å². The zero-order chi connectivity index (χ0) is 22.3. The third-order valence-electron chi connectivity index (χ3n) is 5.11. The molecule has 2 N–H and O–H groups in total. The second kappa shape index (κ2) is 12.5. The molecule has 0 spiro atoms. The van der Waals surface area contributed by atoms with Gasteiger partial charge in [0, 0.05) is 39.5 Å². The smallest absolute Gasteiger partial charge is 0.377 e. The highest BCUT2D eigenvalue weighted by molar-refractivity contribution is 7.89. The van der Waals surface area contributed by atoms with Crippen molar-refractivity contribution in [3.8, 4) is 0 Å². The molecule has 30 heavy (non-hydrogen) atoms. The SMILES string of the molecule is CO[Si](CCC(C)(C)NCCCNS(=O)(=O)c1c(C)cc(C)cc1C)(OC)OC.Cl. The average molecular weight is 483 g/mol. The third kappa shape index (κ3) is 8.55. The second-order valence-electron chi connectivity index (χ2n) is 8.09. The minimum Gasteiger partial charge on any atom is -0.377 e. The van der Waals surface area contributed by atoms with Crippen LogP contribution in [0.2, 0.25) is 6.04 Å². The Morgan fingerprint density at radius 1 is 0.967 bits per heavy atom. The summed E-state index contributed by atoms with van der Waals surface area (Å²) in [7, 11) is -1.26. The van der Waals surface area contributed by atoms with Gasteiger partial charge in [0.25, 0.3) is 0 Å². The summed E-state index contributed by atoms with van der Waals surface area (Å²) in [5.41, 5.74) is 2.47. The van der Waals surface area contributed by atoms with E-state index >= 15 is 0 Å². The van der Waals surface area contributed by atoms with Crippen molar-refractivity contribution in [2.45, 2.75) is 63.9 Å². The van der Waals surface area contributed by atoms with Gasteiger partial charge in [-0.05, 0) is 65.1 Å². The van der Waals surface area contributed by atoms with E-state index in [1.807, 2.05) is 32.9 Å². The Labute approximate surface area is 190 Å². The topological polar surface area (TPSA) is 85.9 Å². The van der Waals surface area contributed by atoms with Gasteiger partial charge in [0.05, 0.1) is 4.90 Å². The molecule has 0 saturated heterocycles. The van der Waals surface area contributed by atoms with Crippen LogP contribution in [0.5, 0.6) is 0 Å². The predicted octanol–water partition coefficient (Wildman–Crippen LogP) is 3.34. The Morgan fingerprint density at radius 3 is 1.93 bits per heavy atom. The third-order valence-corrected chi connectivity index (χ3v) is 9.61. The molecule has 0 bridgehead atoms. The van der Waals surface area contributed by atoms with Crippen molar-refractivity contribution in [2.75, 3.05) is 34.4 Å². The van der Waals surface area contributed by atoms with E-state index in [0.717, 1.165) is 23.1 Å². The van der Waals surface area contributed by atoms with Crippen LogP contribution in [-0.2, 0) is 23.3 Å². The first-order chi connectivity index (χ1) is 13.4. The van der Waals surface area contributed by atoms with Crippen LogP contribution in [0.25, 0.3) is 0 Å². The molecule has 0 aliphatic rings. The van der Waals surface area contributed by atoms with Gasteiger partial charge >= 0.3 is 8.80 Å². The molecule has 10 heteroatoms. The van der Waals surface area contributed by atoms with E-state index in [0.29, 0.717) is 30.4 Å². The molecule has 0 fully saturated rings. The largest absolute Gasteiger partial charge is 0.500 e. The highest BCUT2D eigenvalue weighted by atomic mass is 35.5. The predicted molar refractivity (Wildman–Crippen MR) is 126 cm³/mol. The summed E-state index contributed by atoms with van der Waals surface area (Å²) in [6.45, 7) is 10.9. The lowest BCUT2D eigenvalue weighted by Gasteiger charge is -2.31. The van der Waals surface area contributed by atoms with Gasteiger partial charge in [0.1, 0.15) is 0 Å². The van der Waals surface area contributed by atoms with Gasteiger partial charge in [0.2, 0.25) is 10.0 Å². The molecule has 0 radical (unpaired) electrons. The van der Waals surface area contributed by atoms with Gasteiger partial charge in [-0.15, -0.1) is 12.4 Å². The quantitative estimate of drug-likeness (QED) is 0.331. The molecule has 0 saturated carbocycles. The minimum absolute atomic E-state index is 0. The summed E-state index contributed by atoms with van der Waals surface area (Å²) >= 11 is 0. The number of nitrogens with one attached hydrogen (secondary N) is 2. The summed E-state index contributed by atoms with van der Waals surface area (Å²) in [5.74, 6) is 0. The van der Waals surface area contributed by atoms with Crippen molar-refractivity contribution in [3.05, 3.63) is 28.8 Å². The van der Waals surface area contributed by atoms with Crippen LogP contribution in [0.1, 0.15) is 43.4 Å². The van der Waals surface area contributed by atoms with Crippen LogP contribution in [0.15, 0.2) is 17.0 Å². The van der Waals surface area contributed by atoms with E-state index in [2.05, 4.69) is 23.9 Å². The normalized spacial score (nSPS) is 12.7. The molecular weight excluding hydrogens is 444 g/mol. The highest BCUT2D eigenvalue weighted by Crippen LogP contribution is 2.22. The van der Waals surface area contributed by atoms with Gasteiger partial charge in [-0.2, -0.15) is 0 Å². The summed E-state index contributed by atoms with van der Waals surface area (Å²) < 4.78 is 44.5. The lowest BCUT2D eigenvalue weighted by Crippen LogP contribution is -2.47. The molecule has 1 aromatic carbocycles. The van der Waals surface area contributed by atoms with Crippen LogP contribution in [-0.4, -0.2) is 57.2 Å². The highest BCUT2D eigenvalue weighted by Gasteiger charge is 2.39. The van der Waals surface area contributed by atoms with Gasteiger partial charge < -0.3 is 18.6 Å². The summed E-state index contributed by atoms with van der Waals surface area (Å²) in [5, 5.41) is 3.48. The molecule has 0 aromatic heterocycles. The summed E-state index contributed by atoms with van der Waals surface area (Å²) in [6.07, 6.45) is 1.51. The van der Waals surface area contributed by atoms with E-state index in [1.54, 1.807) is 21.3 Å². The Morgan fingerprint density at radius 2 is 1.47 bits per heavy atom. The van der Waals surface area contributed by atoms with E-state index < -0.39 is 18.8 Å². The molecule has 0 aliphatic heterocycles. The number of sulfonamides is 1. The lowest BCUT2D eigenvalue weighted by molar-refractivity contribution is 0.120. The van der Waals surface area contributed by atoms with Crippen LogP contribution in [0.3, 0.4) is 0 Å². The molecule has 0 unspecified atom stereocenters. The first-order valence-electron chi connectivity index (χ1n) is 9.90. The molecule has 176 valence electrons. The first kappa shape index (κ1) is 29.5. The Kier molecular flexibility index (Phi) is 12.3. The van der Waals surface area contributed by atoms with Crippen molar-refractivity contribution in [3.63, 3.8) is 0 Å².